The van der Waals surface area contributed by atoms with Gasteiger partial charge in [0.1, 0.15) is 12.6 Å². The lowest BCUT2D eigenvalue weighted by Crippen LogP contribution is -2.54. The number of rotatable bonds is 12. The zero-order valence-corrected chi connectivity index (χ0v) is 27.9. The monoisotopic (exact) mass is 677 g/mol. The molecule has 0 bridgehead atoms. The molecule has 240 valence electrons. The topological polar surface area (TPSA) is 86.8 Å². The van der Waals surface area contributed by atoms with Crippen molar-refractivity contribution < 1.29 is 18.0 Å². The number of anilines is 1. The number of benzene rings is 4. The van der Waals surface area contributed by atoms with Crippen molar-refractivity contribution in [2.75, 3.05) is 10.8 Å². The number of halogens is 2. The summed E-state index contributed by atoms with van der Waals surface area (Å²) in [4.78, 5) is 30.2. The van der Waals surface area contributed by atoms with Crippen LogP contribution in [0.4, 0.5) is 5.69 Å². The fourth-order valence-corrected chi connectivity index (χ4v) is 7.50. The van der Waals surface area contributed by atoms with Crippen LogP contribution in [0.5, 0.6) is 0 Å². The number of nitrogens with one attached hydrogen (secondary N) is 1. The van der Waals surface area contributed by atoms with Gasteiger partial charge in [-0.15, -0.1) is 0 Å². The quantitative estimate of drug-likeness (QED) is 0.172. The van der Waals surface area contributed by atoms with E-state index in [1.54, 1.807) is 36.4 Å². The van der Waals surface area contributed by atoms with Gasteiger partial charge >= 0.3 is 0 Å². The minimum Gasteiger partial charge on any atom is -0.352 e. The molecule has 1 aliphatic carbocycles. The van der Waals surface area contributed by atoms with E-state index in [9.17, 15) is 18.0 Å². The molecular formula is C36H37Cl2N3O4S. The lowest BCUT2D eigenvalue weighted by Gasteiger charge is -2.34. The molecule has 0 aromatic heterocycles. The van der Waals surface area contributed by atoms with Crippen LogP contribution in [0.25, 0.3) is 0 Å². The Morgan fingerprint density at radius 3 is 2.22 bits per heavy atom. The number of nitrogens with zero attached hydrogens (tertiary/aromatic N) is 2. The predicted molar refractivity (Wildman–Crippen MR) is 183 cm³/mol. The zero-order chi connectivity index (χ0) is 32.7. The van der Waals surface area contributed by atoms with Crippen LogP contribution >= 0.6 is 23.2 Å². The number of carbonyl (C=O) groups excluding carboxylic acids is 2. The highest BCUT2D eigenvalue weighted by atomic mass is 35.5. The van der Waals surface area contributed by atoms with Crippen LogP contribution in [0, 0.1) is 6.92 Å². The van der Waals surface area contributed by atoms with E-state index in [0.717, 1.165) is 41.1 Å². The Kier molecular flexibility index (Phi) is 11.0. The first kappa shape index (κ1) is 33.5. The van der Waals surface area contributed by atoms with Crippen LogP contribution in [-0.4, -0.2) is 43.8 Å². The largest absolute Gasteiger partial charge is 0.352 e. The van der Waals surface area contributed by atoms with Crippen molar-refractivity contribution in [1.29, 1.82) is 0 Å². The van der Waals surface area contributed by atoms with Gasteiger partial charge < -0.3 is 10.2 Å². The molecule has 10 heteroatoms. The molecule has 0 unspecified atom stereocenters. The predicted octanol–water partition coefficient (Wildman–Crippen LogP) is 7.20. The van der Waals surface area contributed by atoms with Crippen molar-refractivity contribution >= 4 is 50.7 Å². The molecular weight excluding hydrogens is 641 g/mol. The van der Waals surface area contributed by atoms with Crippen LogP contribution in [-0.2, 0) is 32.6 Å². The Morgan fingerprint density at radius 1 is 0.870 bits per heavy atom. The molecule has 4 aromatic carbocycles. The molecule has 1 saturated carbocycles. The van der Waals surface area contributed by atoms with Crippen molar-refractivity contribution in [2.45, 2.75) is 62.6 Å². The van der Waals surface area contributed by atoms with Gasteiger partial charge in [0.25, 0.3) is 10.0 Å². The summed E-state index contributed by atoms with van der Waals surface area (Å²) in [7, 11) is -4.22. The highest BCUT2D eigenvalue weighted by molar-refractivity contribution is 7.92. The molecule has 46 heavy (non-hydrogen) atoms. The Hall–Kier alpha value is -3.85. The lowest BCUT2D eigenvalue weighted by molar-refractivity contribution is -0.140. The zero-order valence-electron chi connectivity index (χ0n) is 25.6. The molecule has 0 radical (unpaired) electrons. The van der Waals surface area contributed by atoms with Gasteiger partial charge in [-0.25, -0.2) is 8.42 Å². The van der Waals surface area contributed by atoms with E-state index in [1.165, 1.54) is 29.2 Å². The van der Waals surface area contributed by atoms with E-state index in [-0.39, 0.29) is 29.8 Å². The average molecular weight is 679 g/mol. The minimum absolute atomic E-state index is 0.0105. The van der Waals surface area contributed by atoms with E-state index in [4.69, 9.17) is 23.2 Å². The highest BCUT2D eigenvalue weighted by Gasteiger charge is 2.35. The van der Waals surface area contributed by atoms with E-state index in [2.05, 4.69) is 5.32 Å². The van der Waals surface area contributed by atoms with E-state index >= 15 is 0 Å². The van der Waals surface area contributed by atoms with E-state index in [1.807, 2.05) is 49.4 Å². The van der Waals surface area contributed by atoms with Gasteiger partial charge in [0, 0.05) is 29.1 Å². The third kappa shape index (κ3) is 8.29. The molecule has 5 rings (SSSR count). The summed E-state index contributed by atoms with van der Waals surface area (Å²) in [5.74, 6) is -0.819. The number of aryl methyl sites for hydroxylation is 1. The minimum atomic E-state index is -4.22. The molecule has 1 aliphatic rings. The second kappa shape index (κ2) is 15.2. The molecule has 2 amide bonds. The summed E-state index contributed by atoms with van der Waals surface area (Å²) in [6.45, 7) is 1.32. The Morgan fingerprint density at radius 2 is 1.54 bits per heavy atom. The summed E-state index contributed by atoms with van der Waals surface area (Å²) in [6.07, 6.45) is 4.06. The molecule has 4 aromatic rings. The van der Waals surface area contributed by atoms with Crippen LogP contribution in [0.15, 0.2) is 108 Å². The van der Waals surface area contributed by atoms with Gasteiger partial charge in [-0.05, 0) is 78.9 Å². The Labute approximate surface area is 281 Å². The summed E-state index contributed by atoms with van der Waals surface area (Å²) < 4.78 is 29.4. The first-order valence-corrected chi connectivity index (χ1v) is 17.5. The fraction of sp³-hybridized carbons (Fsp3) is 0.278. The molecule has 1 N–H and O–H groups in total. The van der Waals surface area contributed by atoms with Crippen molar-refractivity contribution in [3.63, 3.8) is 0 Å². The van der Waals surface area contributed by atoms with Gasteiger partial charge in [-0.1, -0.05) is 96.7 Å². The summed E-state index contributed by atoms with van der Waals surface area (Å²) in [5, 5.41) is 4.01. The van der Waals surface area contributed by atoms with Crippen molar-refractivity contribution in [2.24, 2.45) is 0 Å². The van der Waals surface area contributed by atoms with E-state index < -0.39 is 28.5 Å². The highest BCUT2D eigenvalue weighted by Crippen LogP contribution is 2.28. The Bertz CT molecular complexity index is 1760. The molecule has 0 aliphatic heterocycles. The molecule has 7 nitrogen and oxygen atoms in total. The van der Waals surface area contributed by atoms with Crippen LogP contribution < -0.4 is 9.62 Å². The van der Waals surface area contributed by atoms with Crippen molar-refractivity contribution in [3.8, 4) is 0 Å². The van der Waals surface area contributed by atoms with Crippen LogP contribution in [0.1, 0.15) is 42.4 Å². The maximum Gasteiger partial charge on any atom is 0.264 e. The normalized spacial score (nSPS) is 14.1. The SMILES string of the molecule is Cc1cccc(N(CC(=O)N(Cc2ccccc2Cl)[C@@H](Cc2ccccc2)C(=O)NC2CCCC2)S(=O)(=O)c2ccc(Cl)cc2)c1. The summed E-state index contributed by atoms with van der Waals surface area (Å²) in [6, 6.07) is 28.5. The van der Waals surface area contributed by atoms with Crippen LogP contribution in [0.2, 0.25) is 10.0 Å². The third-order valence-corrected chi connectivity index (χ3v) is 10.7. The first-order valence-electron chi connectivity index (χ1n) is 15.3. The number of hydrogen-bond donors (Lipinski definition) is 1. The number of sulfonamides is 1. The summed E-state index contributed by atoms with van der Waals surface area (Å²) >= 11 is 12.7. The average Bonchev–Trinajstić information content (AvgIpc) is 3.56. The molecule has 1 atom stereocenters. The maximum absolute atomic E-state index is 14.6. The molecule has 1 fully saturated rings. The number of carbonyl (C=O) groups is 2. The number of amides is 2. The van der Waals surface area contributed by atoms with Gasteiger partial charge in [0.15, 0.2) is 0 Å². The fourth-order valence-electron chi connectivity index (χ4n) is 5.78. The van der Waals surface area contributed by atoms with E-state index in [0.29, 0.717) is 21.3 Å². The Balaban J connectivity index is 1.57. The second-order valence-electron chi connectivity index (χ2n) is 11.6. The smallest absolute Gasteiger partial charge is 0.264 e. The number of hydrogen-bond acceptors (Lipinski definition) is 4. The van der Waals surface area contributed by atoms with Gasteiger partial charge in [0.05, 0.1) is 10.6 Å². The first-order chi connectivity index (χ1) is 22.1. The molecule has 0 heterocycles. The lowest BCUT2D eigenvalue weighted by atomic mass is 10.0. The summed E-state index contributed by atoms with van der Waals surface area (Å²) in [5.41, 5.74) is 2.67. The molecule has 0 spiro atoms. The van der Waals surface area contributed by atoms with Gasteiger partial charge in [-0.3, -0.25) is 13.9 Å². The van der Waals surface area contributed by atoms with Crippen molar-refractivity contribution in [1.82, 2.24) is 10.2 Å². The standard InChI is InChI=1S/C36H37Cl2N3O4S/c1-26-10-9-16-31(22-26)41(46(44,45)32-20-18-29(37)19-21-32)25-35(42)40(24-28-13-5-8-17-33(28)38)34(23-27-11-3-2-4-12-27)36(43)39-30-14-6-7-15-30/h2-5,8-13,16-22,30,34H,6-7,14-15,23-25H2,1H3,(H,39,43)/t34-/m0/s1. The van der Waals surface area contributed by atoms with Crippen molar-refractivity contribution in [3.05, 3.63) is 130 Å². The maximum atomic E-state index is 14.6. The van der Waals surface area contributed by atoms with Gasteiger partial charge in [-0.2, -0.15) is 0 Å². The van der Waals surface area contributed by atoms with Gasteiger partial charge in [0.2, 0.25) is 11.8 Å². The second-order valence-corrected chi connectivity index (χ2v) is 14.3. The molecule has 0 saturated heterocycles. The van der Waals surface area contributed by atoms with Crippen LogP contribution in [0.3, 0.4) is 0 Å². The third-order valence-electron chi connectivity index (χ3n) is 8.24.